The number of nitrogens with zero attached hydrogens (tertiary/aromatic N) is 4. The van der Waals surface area contributed by atoms with Gasteiger partial charge in [0.2, 0.25) is 14.9 Å². The maximum atomic E-state index is 13.3. The van der Waals surface area contributed by atoms with Crippen molar-refractivity contribution in [3.63, 3.8) is 0 Å². The maximum absolute atomic E-state index is 13.3. The number of sulfone groups is 1. The normalized spacial score (nSPS) is 11.7. The Morgan fingerprint density at radius 2 is 1.66 bits per heavy atom. The summed E-state index contributed by atoms with van der Waals surface area (Å²) in [5.74, 6) is 1.15. The van der Waals surface area contributed by atoms with E-state index in [0.29, 0.717) is 23.7 Å². The van der Waals surface area contributed by atoms with Gasteiger partial charge in [-0.3, -0.25) is 0 Å². The van der Waals surface area contributed by atoms with Gasteiger partial charge in [0.05, 0.1) is 22.7 Å². The Hall–Kier alpha value is -3.98. The number of nitrogens with one attached hydrogen (secondary N) is 1. The van der Waals surface area contributed by atoms with Gasteiger partial charge < -0.3 is 10.1 Å². The van der Waals surface area contributed by atoms with E-state index in [-0.39, 0.29) is 15.6 Å². The highest BCUT2D eigenvalue weighted by molar-refractivity contribution is 7.91. The number of fused-ring (bicyclic) bond motifs is 3. The van der Waals surface area contributed by atoms with Crippen molar-refractivity contribution in [3.8, 4) is 5.75 Å². The highest BCUT2D eigenvalue weighted by atomic mass is 32.2. The molecule has 0 fully saturated rings. The number of anilines is 2. The third kappa shape index (κ3) is 3.32. The molecule has 0 saturated heterocycles. The van der Waals surface area contributed by atoms with Crippen molar-refractivity contribution in [1.29, 1.82) is 0 Å². The van der Waals surface area contributed by atoms with Crippen LogP contribution in [0, 0.1) is 0 Å². The lowest BCUT2D eigenvalue weighted by atomic mass is 10.2. The number of para-hydroxylation sites is 3. The van der Waals surface area contributed by atoms with E-state index in [2.05, 4.69) is 20.6 Å². The molecular formula is C23H19N5O3S. The number of hydrogen-bond donors (Lipinski definition) is 1. The van der Waals surface area contributed by atoms with Crippen molar-refractivity contribution in [2.75, 3.05) is 11.9 Å². The molecule has 2 aromatic heterocycles. The van der Waals surface area contributed by atoms with Crippen molar-refractivity contribution in [2.24, 2.45) is 0 Å². The quantitative estimate of drug-likeness (QED) is 0.417. The second-order valence-corrected chi connectivity index (χ2v) is 8.84. The molecule has 5 aromatic rings. The molecule has 0 spiro atoms. The Kier molecular flexibility index (Phi) is 4.95. The van der Waals surface area contributed by atoms with Gasteiger partial charge in [-0.25, -0.2) is 13.4 Å². The molecule has 0 amide bonds. The standard InChI is InChI=1S/C23H19N5O3S/c1-2-31-20-15-9-7-13-18(20)24-21-17-12-6-8-14-19(17)28-22(25-21)23(26-27-28)32(29,30)16-10-4-3-5-11-16/h3-15H,2H2,1H3,(H,24,25). The largest absolute Gasteiger partial charge is 0.492 e. The second kappa shape index (κ2) is 7.93. The molecule has 5 rings (SSSR count). The molecule has 0 aliphatic rings. The molecule has 32 heavy (non-hydrogen) atoms. The van der Waals surface area contributed by atoms with Gasteiger partial charge >= 0.3 is 0 Å². The van der Waals surface area contributed by atoms with Gasteiger partial charge in [0, 0.05) is 5.39 Å². The topological polar surface area (TPSA) is 98.5 Å². The van der Waals surface area contributed by atoms with E-state index in [0.717, 1.165) is 11.1 Å². The number of benzene rings is 3. The summed E-state index contributed by atoms with van der Waals surface area (Å²) >= 11 is 0. The van der Waals surface area contributed by atoms with Crippen molar-refractivity contribution in [3.05, 3.63) is 78.9 Å². The number of ether oxygens (including phenoxy) is 1. The molecule has 1 N–H and O–H groups in total. The van der Waals surface area contributed by atoms with Crippen LogP contribution in [0.25, 0.3) is 16.6 Å². The van der Waals surface area contributed by atoms with Crippen LogP contribution >= 0.6 is 0 Å². The summed E-state index contributed by atoms with van der Waals surface area (Å²) in [6, 6.07) is 23.1. The Morgan fingerprint density at radius 3 is 2.47 bits per heavy atom. The fraction of sp³-hybridized carbons (Fsp3) is 0.0870. The van der Waals surface area contributed by atoms with Crippen LogP contribution in [0.2, 0.25) is 0 Å². The molecule has 3 aromatic carbocycles. The Bertz CT molecular complexity index is 1530. The minimum atomic E-state index is -3.91. The first-order valence-corrected chi connectivity index (χ1v) is 11.5. The van der Waals surface area contributed by atoms with Crippen molar-refractivity contribution in [2.45, 2.75) is 16.8 Å². The van der Waals surface area contributed by atoms with Crippen LogP contribution in [0.1, 0.15) is 6.92 Å². The van der Waals surface area contributed by atoms with Gasteiger partial charge in [-0.1, -0.05) is 47.7 Å². The fourth-order valence-corrected chi connectivity index (χ4v) is 4.76. The summed E-state index contributed by atoms with van der Waals surface area (Å²) < 4.78 is 33.7. The molecule has 0 saturated carbocycles. The van der Waals surface area contributed by atoms with Crippen LogP contribution in [0.5, 0.6) is 5.75 Å². The molecular weight excluding hydrogens is 426 g/mol. The lowest BCUT2D eigenvalue weighted by Crippen LogP contribution is -2.06. The van der Waals surface area contributed by atoms with Crippen molar-refractivity contribution >= 4 is 37.9 Å². The van der Waals surface area contributed by atoms with Gasteiger partial charge in [0.1, 0.15) is 11.6 Å². The first-order chi connectivity index (χ1) is 15.6. The summed E-state index contributed by atoms with van der Waals surface area (Å²) in [5, 5.41) is 12.0. The van der Waals surface area contributed by atoms with E-state index < -0.39 is 9.84 Å². The summed E-state index contributed by atoms with van der Waals surface area (Å²) in [7, 11) is -3.91. The Balaban J connectivity index is 1.73. The van der Waals surface area contributed by atoms with E-state index in [1.165, 1.54) is 16.6 Å². The van der Waals surface area contributed by atoms with Gasteiger partial charge in [0.25, 0.3) is 0 Å². The predicted octanol–water partition coefficient (Wildman–Crippen LogP) is 4.25. The van der Waals surface area contributed by atoms with E-state index in [9.17, 15) is 8.42 Å². The van der Waals surface area contributed by atoms with E-state index in [4.69, 9.17) is 4.74 Å². The predicted molar refractivity (Wildman–Crippen MR) is 121 cm³/mol. The van der Waals surface area contributed by atoms with E-state index in [1.807, 2.05) is 55.5 Å². The summed E-state index contributed by atoms with van der Waals surface area (Å²) in [6.45, 7) is 2.42. The van der Waals surface area contributed by atoms with E-state index in [1.54, 1.807) is 18.2 Å². The van der Waals surface area contributed by atoms with Crippen molar-refractivity contribution in [1.82, 2.24) is 19.8 Å². The van der Waals surface area contributed by atoms with Gasteiger partial charge in [0.15, 0.2) is 5.65 Å². The van der Waals surface area contributed by atoms with Crippen LogP contribution < -0.4 is 10.1 Å². The number of hydrogen-bond acceptors (Lipinski definition) is 7. The molecule has 0 aliphatic heterocycles. The molecule has 0 bridgehead atoms. The van der Waals surface area contributed by atoms with Gasteiger partial charge in [-0.15, -0.1) is 5.10 Å². The summed E-state index contributed by atoms with van der Waals surface area (Å²) in [4.78, 5) is 4.78. The third-order valence-electron chi connectivity index (χ3n) is 4.97. The maximum Gasteiger partial charge on any atom is 0.229 e. The first kappa shape index (κ1) is 20.0. The van der Waals surface area contributed by atoms with Crippen molar-refractivity contribution < 1.29 is 13.2 Å². The Labute approximate surface area is 184 Å². The fourth-order valence-electron chi connectivity index (χ4n) is 3.50. The zero-order valence-corrected chi connectivity index (χ0v) is 18.0. The molecule has 0 atom stereocenters. The van der Waals surface area contributed by atoms with E-state index >= 15 is 0 Å². The highest BCUT2D eigenvalue weighted by Gasteiger charge is 2.27. The van der Waals surface area contributed by atoms with Gasteiger partial charge in [-0.2, -0.15) is 4.52 Å². The van der Waals surface area contributed by atoms with Crippen LogP contribution in [-0.4, -0.2) is 34.8 Å². The summed E-state index contributed by atoms with van der Waals surface area (Å²) in [6.07, 6.45) is 0. The minimum absolute atomic E-state index is 0.133. The van der Waals surface area contributed by atoms with Crippen LogP contribution in [0.4, 0.5) is 11.5 Å². The SMILES string of the molecule is CCOc1ccccc1Nc1nc2c(S(=O)(=O)c3ccccc3)nnn2c2ccccc12. The average molecular weight is 446 g/mol. The minimum Gasteiger partial charge on any atom is -0.492 e. The molecule has 8 nitrogen and oxygen atoms in total. The second-order valence-electron chi connectivity index (χ2n) is 6.98. The lowest BCUT2D eigenvalue weighted by Gasteiger charge is -2.14. The number of rotatable bonds is 6. The van der Waals surface area contributed by atoms with Crippen LogP contribution in [-0.2, 0) is 9.84 Å². The smallest absolute Gasteiger partial charge is 0.229 e. The number of aromatic nitrogens is 4. The average Bonchev–Trinajstić information content (AvgIpc) is 3.26. The summed E-state index contributed by atoms with van der Waals surface area (Å²) in [5.41, 5.74) is 1.54. The highest BCUT2D eigenvalue weighted by Crippen LogP contribution is 2.32. The molecule has 0 aliphatic carbocycles. The van der Waals surface area contributed by atoms with Crippen LogP contribution in [0.15, 0.2) is 88.8 Å². The zero-order valence-electron chi connectivity index (χ0n) is 17.1. The molecule has 160 valence electrons. The Morgan fingerprint density at radius 1 is 0.938 bits per heavy atom. The lowest BCUT2D eigenvalue weighted by molar-refractivity contribution is 0.342. The third-order valence-corrected chi connectivity index (χ3v) is 6.64. The molecule has 0 unspecified atom stereocenters. The zero-order chi connectivity index (χ0) is 22.1. The molecule has 9 heteroatoms. The van der Waals surface area contributed by atoms with Gasteiger partial charge in [-0.05, 0) is 43.3 Å². The monoisotopic (exact) mass is 445 g/mol. The molecule has 0 radical (unpaired) electrons. The first-order valence-electron chi connectivity index (χ1n) is 10.0. The molecule has 2 heterocycles. The van der Waals surface area contributed by atoms with Crippen LogP contribution in [0.3, 0.4) is 0 Å².